The van der Waals surface area contributed by atoms with Crippen molar-refractivity contribution in [3.63, 3.8) is 0 Å². The lowest BCUT2D eigenvalue weighted by Gasteiger charge is -2.08. The summed E-state index contributed by atoms with van der Waals surface area (Å²) in [4.78, 5) is 12.6. The van der Waals surface area contributed by atoms with Gasteiger partial charge in [-0.1, -0.05) is 35.9 Å². The third-order valence-electron chi connectivity index (χ3n) is 3.29. The number of ketones is 1. The third kappa shape index (κ3) is 2.41. The zero-order valence-electron chi connectivity index (χ0n) is 10.7. The summed E-state index contributed by atoms with van der Waals surface area (Å²) in [5.74, 6) is -1.27. The van der Waals surface area contributed by atoms with Gasteiger partial charge in [0.2, 0.25) is 0 Å². The summed E-state index contributed by atoms with van der Waals surface area (Å²) in [5.41, 5.74) is 0.523. The zero-order valence-corrected chi connectivity index (χ0v) is 11.5. The maximum atomic E-state index is 13.8. The quantitative estimate of drug-likeness (QED) is 0.609. The molecule has 0 aliphatic rings. The van der Waals surface area contributed by atoms with Gasteiger partial charge in [0.25, 0.3) is 0 Å². The summed E-state index contributed by atoms with van der Waals surface area (Å²) in [6.07, 6.45) is 0. The van der Waals surface area contributed by atoms with E-state index >= 15 is 0 Å². The number of hydrogen-bond acceptors (Lipinski definition) is 1. The van der Waals surface area contributed by atoms with Crippen LogP contribution in [0, 0.1) is 11.6 Å². The van der Waals surface area contributed by atoms with E-state index in [1.807, 2.05) is 0 Å². The van der Waals surface area contributed by atoms with Gasteiger partial charge in [0, 0.05) is 16.5 Å². The van der Waals surface area contributed by atoms with Gasteiger partial charge in [-0.3, -0.25) is 4.79 Å². The second kappa shape index (κ2) is 5.26. The van der Waals surface area contributed by atoms with Crippen molar-refractivity contribution in [2.75, 3.05) is 0 Å². The maximum Gasteiger partial charge on any atom is 0.195 e. The average Bonchev–Trinajstić information content (AvgIpc) is 2.47. The Hall–Kier alpha value is -2.26. The van der Waals surface area contributed by atoms with Crippen molar-refractivity contribution in [2.24, 2.45) is 0 Å². The van der Waals surface area contributed by atoms with Crippen molar-refractivity contribution in [1.82, 2.24) is 0 Å². The van der Waals surface area contributed by atoms with E-state index in [0.29, 0.717) is 16.3 Å². The molecule has 0 saturated heterocycles. The van der Waals surface area contributed by atoms with Crippen LogP contribution >= 0.6 is 11.6 Å². The second-order valence-electron chi connectivity index (χ2n) is 4.59. The summed E-state index contributed by atoms with van der Waals surface area (Å²) >= 11 is 5.92. The van der Waals surface area contributed by atoms with E-state index in [1.165, 1.54) is 24.3 Å². The Morgan fingerprint density at radius 3 is 2.24 bits per heavy atom. The van der Waals surface area contributed by atoms with Gasteiger partial charge in [0.15, 0.2) is 5.78 Å². The van der Waals surface area contributed by atoms with Gasteiger partial charge in [0.05, 0.1) is 5.02 Å². The first-order chi connectivity index (χ1) is 10.1. The largest absolute Gasteiger partial charge is 0.289 e. The Morgan fingerprint density at radius 1 is 0.857 bits per heavy atom. The van der Waals surface area contributed by atoms with Gasteiger partial charge in [0.1, 0.15) is 11.6 Å². The minimum Gasteiger partial charge on any atom is -0.289 e. The molecular formula is C17H9ClF2O. The molecule has 4 heteroatoms. The van der Waals surface area contributed by atoms with Crippen LogP contribution in [0.5, 0.6) is 0 Å². The second-order valence-corrected chi connectivity index (χ2v) is 5.00. The predicted molar refractivity (Wildman–Crippen MR) is 78.7 cm³/mol. The number of fused-ring (bicyclic) bond motifs is 1. The molecule has 0 atom stereocenters. The lowest BCUT2D eigenvalue weighted by molar-refractivity contribution is 0.104. The highest BCUT2D eigenvalue weighted by molar-refractivity contribution is 6.35. The number of carbonyl (C=O) groups excluding carboxylic acids is 1. The van der Waals surface area contributed by atoms with Crippen molar-refractivity contribution >= 4 is 28.2 Å². The molecule has 1 nitrogen and oxygen atoms in total. The molecular weight excluding hydrogens is 294 g/mol. The first-order valence-electron chi connectivity index (χ1n) is 6.25. The Kier molecular flexibility index (Phi) is 3.43. The smallest absolute Gasteiger partial charge is 0.195 e. The molecule has 0 N–H and O–H groups in total. The monoisotopic (exact) mass is 302 g/mol. The number of halogens is 3. The topological polar surface area (TPSA) is 17.1 Å². The van der Waals surface area contributed by atoms with E-state index in [0.717, 1.165) is 6.07 Å². The molecule has 3 aromatic rings. The van der Waals surface area contributed by atoms with Crippen LogP contribution in [0.4, 0.5) is 8.78 Å². The van der Waals surface area contributed by atoms with Gasteiger partial charge in [-0.05, 0) is 35.7 Å². The Labute approximate surface area is 124 Å². The molecule has 0 aliphatic heterocycles. The van der Waals surface area contributed by atoms with Gasteiger partial charge < -0.3 is 0 Å². The van der Waals surface area contributed by atoms with Gasteiger partial charge in [-0.25, -0.2) is 8.78 Å². The van der Waals surface area contributed by atoms with Crippen LogP contribution in [0.2, 0.25) is 5.02 Å². The highest BCUT2D eigenvalue weighted by Gasteiger charge is 2.17. The lowest BCUT2D eigenvalue weighted by Crippen LogP contribution is -2.04. The minimum atomic E-state index is -0.513. The molecule has 21 heavy (non-hydrogen) atoms. The molecule has 0 radical (unpaired) electrons. The molecule has 0 aromatic heterocycles. The normalized spacial score (nSPS) is 10.8. The predicted octanol–water partition coefficient (Wildman–Crippen LogP) is 5.00. The van der Waals surface area contributed by atoms with Crippen LogP contribution in [0.15, 0.2) is 54.6 Å². The van der Waals surface area contributed by atoms with Crippen molar-refractivity contribution in [2.45, 2.75) is 0 Å². The fourth-order valence-electron chi connectivity index (χ4n) is 2.28. The van der Waals surface area contributed by atoms with Crippen molar-refractivity contribution < 1.29 is 13.6 Å². The average molecular weight is 303 g/mol. The van der Waals surface area contributed by atoms with Crippen LogP contribution < -0.4 is 0 Å². The van der Waals surface area contributed by atoms with E-state index in [2.05, 4.69) is 0 Å². The summed E-state index contributed by atoms with van der Waals surface area (Å²) in [7, 11) is 0. The Balaban J connectivity index is 2.21. The number of carbonyl (C=O) groups is 1. The molecule has 3 aromatic carbocycles. The van der Waals surface area contributed by atoms with Crippen molar-refractivity contribution in [3.8, 4) is 0 Å². The summed E-state index contributed by atoms with van der Waals surface area (Å²) < 4.78 is 26.9. The molecule has 0 aliphatic carbocycles. The zero-order chi connectivity index (χ0) is 15.0. The molecule has 0 amide bonds. The molecule has 104 valence electrons. The molecule has 0 spiro atoms. The first kappa shape index (κ1) is 13.7. The van der Waals surface area contributed by atoms with Crippen molar-refractivity contribution in [1.29, 1.82) is 0 Å². The maximum absolute atomic E-state index is 13.8. The van der Waals surface area contributed by atoms with Crippen LogP contribution in [0.25, 0.3) is 10.8 Å². The van der Waals surface area contributed by atoms with Crippen LogP contribution in [-0.2, 0) is 0 Å². The third-order valence-corrected chi connectivity index (χ3v) is 3.60. The van der Waals surface area contributed by atoms with Crippen molar-refractivity contribution in [3.05, 3.63) is 82.4 Å². The van der Waals surface area contributed by atoms with Gasteiger partial charge in [-0.2, -0.15) is 0 Å². The fourth-order valence-corrected chi connectivity index (χ4v) is 2.53. The highest BCUT2D eigenvalue weighted by atomic mass is 35.5. The number of hydrogen-bond donors (Lipinski definition) is 0. The standard InChI is InChI=1S/C17H9ClF2O/c18-15-9-10(19)5-6-14(15)17(21)13-7-8-16(20)12-4-2-1-3-11(12)13/h1-9H. The van der Waals surface area contributed by atoms with E-state index in [9.17, 15) is 13.6 Å². The summed E-state index contributed by atoms with van der Waals surface area (Å²) in [6.45, 7) is 0. The lowest BCUT2D eigenvalue weighted by atomic mass is 9.97. The molecule has 0 unspecified atom stereocenters. The van der Waals surface area contributed by atoms with E-state index in [1.54, 1.807) is 24.3 Å². The van der Waals surface area contributed by atoms with Crippen LogP contribution in [-0.4, -0.2) is 5.78 Å². The molecule has 0 fully saturated rings. The minimum absolute atomic E-state index is 0.0356. The molecule has 0 saturated carbocycles. The SMILES string of the molecule is O=C(c1ccc(F)cc1Cl)c1ccc(F)c2ccccc12. The molecule has 0 bridgehead atoms. The number of benzene rings is 3. The summed E-state index contributed by atoms with van der Waals surface area (Å²) in [6, 6.07) is 12.9. The number of rotatable bonds is 2. The molecule has 0 heterocycles. The Bertz CT molecular complexity index is 859. The van der Waals surface area contributed by atoms with Gasteiger partial charge >= 0.3 is 0 Å². The van der Waals surface area contributed by atoms with E-state index in [-0.39, 0.29) is 16.4 Å². The Morgan fingerprint density at radius 2 is 1.52 bits per heavy atom. The van der Waals surface area contributed by atoms with Crippen LogP contribution in [0.1, 0.15) is 15.9 Å². The highest BCUT2D eigenvalue weighted by Crippen LogP contribution is 2.26. The van der Waals surface area contributed by atoms with Crippen LogP contribution in [0.3, 0.4) is 0 Å². The van der Waals surface area contributed by atoms with Gasteiger partial charge in [-0.15, -0.1) is 0 Å². The van der Waals surface area contributed by atoms with E-state index < -0.39 is 11.6 Å². The fraction of sp³-hybridized carbons (Fsp3) is 0. The van der Waals surface area contributed by atoms with E-state index in [4.69, 9.17) is 11.6 Å². The first-order valence-corrected chi connectivity index (χ1v) is 6.63. The summed E-state index contributed by atoms with van der Waals surface area (Å²) in [5, 5.41) is 0.901. The molecule has 3 rings (SSSR count).